The summed E-state index contributed by atoms with van der Waals surface area (Å²) >= 11 is 12.9. The molecule has 0 fully saturated rings. The van der Waals surface area contributed by atoms with Crippen molar-refractivity contribution >= 4 is 46.6 Å². The number of benzene rings is 2. The first-order valence-electron chi connectivity index (χ1n) is 6.64. The van der Waals surface area contributed by atoms with Crippen LogP contribution in [0.2, 0.25) is 10.0 Å². The van der Waals surface area contributed by atoms with Crippen molar-refractivity contribution in [1.82, 2.24) is 0 Å². The van der Waals surface area contributed by atoms with Gasteiger partial charge in [0, 0.05) is 15.8 Å². The van der Waals surface area contributed by atoms with Crippen LogP contribution < -0.4 is 10.1 Å². The molecule has 0 atom stereocenters. The molecule has 1 amide bonds. The standard InChI is InChI=1S/C16H14Cl2FNO2S/c1-22-15-5-4-12(18)7-14(15)20-16(21)9-23-8-10-2-3-11(17)6-13(10)19/h2-7H,8-9H2,1H3,(H,20,21). The molecule has 0 saturated carbocycles. The van der Waals surface area contributed by atoms with Crippen LogP contribution in [0.15, 0.2) is 36.4 Å². The summed E-state index contributed by atoms with van der Waals surface area (Å²) < 4.78 is 18.8. The maximum Gasteiger partial charge on any atom is 0.234 e. The van der Waals surface area contributed by atoms with Crippen molar-refractivity contribution in [3.63, 3.8) is 0 Å². The minimum absolute atomic E-state index is 0.178. The molecule has 0 aliphatic carbocycles. The number of halogens is 3. The second-order valence-electron chi connectivity index (χ2n) is 4.62. The SMILES string of the molecule is COc1ccc(Cl)cc1NC(=O)CSCc1ccc(Cl)cc1F. The number of hydrogen-bond donors (Lipinski definition) is 1. The summed E-state index contributed by atoms with van der Waals surface area (Å²) in [5, 5.41) is 3.57. The van der Waals surface area contributed by atoms with Gasteiger partial charge in [-0.15, -0.1) is 11.8 Å². The van der Waals surface area contributed by atoms with Gasteiger partial charge in [0.15, 0.2) is 0 Å². The average molecular weight is 374 g/mol. The van der Waals surface area contributed by atoms with Crippen molar-refractivity contribution in [2.75, 3.05) is 18.2 Å². The summed E-state index contributed by atoms with van der Waals surface area (Å²) in [6.07, 6.45) is 0. The zero-order valence-electron chi connectivity index (χ0n) is 12.2. The summed E-state index contributed by atoms with van der Waals surface area (Å²) in [7, 11) is 1.51. The molecule has 0 spiro atoms. The van der Waals surface area contributed by atoms with Gasteiger partial charge in [0.1, 0.15) is 11.6 Å². The Morgan fingerprint density at radius 3 is 2.61 bits per heavy atom. The number of nitrogens with one attached hydrogen (secondary N) is 1. The lowest BCUT2D eigenvalue weighted by Crippen LogP contribution is -2.15. The predicted molar refractivity (Wildman–Crippen MR) is 94.2 cm³/mol. The van der Waals surface area contributed by atoms with Crippen LogP contribution in [0.4, 0.5) is 10.1 Å². The lowest BCUT2D eigenvalue weighted by molar-refractivity contribution is -0.113. The van der Waals surface area contributed by atoms with Gasteiger partial charge in [-0.1, -0.05) is 29.3 Å². The van der Waals surface area contributed by atoms with Crippen molar-refractivity contribution in [3.8, 4) is 5.75 Å². The van der Waals surface area contributed by atoms with Gasteiger partial charge in [-0.25, -0.2) is 4.39 Å². The highest BCUT2D eigenvalue weighted by Crippen LogP contribution is 2.28. The first-order valence-corrected chi connectivity index (χ1v) is 8.55. The Kier molecular flexibility index (Phi) is 6.57. The maximum atomic E-state index is 13.6. The summed E-state index contributed by atoms with van der Waals surface area (Å²) in [4.78, 5) is 12.0. The Hall–Kier alpha value is -1.43. The summed E-state index contributed by atoms with van der Waals surface area (Å²) in [5.74, 6) is 0.490. The molecule has 2 rings (SSSR count). The van der Waals surface area contributed by atoms with Crippen molar-refractivity contribution < 1.29 is 13.9 Å². The van der Waals surface area contributed by atoms with E-state index in [1.165, 1.54) is 24.9 Å². The Morgan fingerprint density at radius 1 is 1.22 bits per heavy atom. The van der Waals surface area contributed by atoms with Gasteiger partial charge in [-0.05, 0) is 35.9 Å². The molecular weight excluding hydrogens is 360 g/mol. The van der Waals surface area contributed by atoms with E-state index in [1.54, 1.807) is 30.3 Å². The number of ether oxygens (including phenoxy) is 1. The molecule has 3 nitrogen and oxygen atoms in total. The van der Waals surface area contributed by atoms with E-state index in [-0.39, 0.29) is 17.5 Å². The largest absolute Gasteiger partial charge is 0.495 e. The highest BCUT2D eigenvalue weighted by Gasteiger charge is 2.09. The van der Waals surface area contributed by atoms with Gasteiger partial charge in [0.05, 0.1) is 18.6 Å². The zero-order valence-corrected chi connectivity index (χ0v) is 14.6. The fourth-order valence-electron chi connectivity index (χ4n) is 1.86. The molecule has 23 heavy (non-hydrogen) atoms. The molecule has 0 aliphatic heterocycles. The minimum Gasteiger partial charge on any atom is -0.495 e. The molecule has 0 saturated heterocycles. The summed E-state index contributed by atoms with van der Waals surface area (Å²) in [5.41, 5.74) is 1.01. The monoisotopic (exact) mass is 373 g/mol. The van der Waals surface area contributed by atoms with E-state index in [1.807, 2.05) is 0 Å². The van der Waals surface area contributed by atoms with E-state index in [2.05, 4.69) is 5.32 Å². The van der Waals surface area contributed by atoms with Gasteiger partial charge in [-0.2, -0.15) is 0 Å². The molecule has 122 valence electrons. The molecule has 0 unspecified atom stereocenters. The molecule has 2 aromatic carbocycles. The number of thioether (sulfide) groups is 1. The van der Waals surface area contributed by atoms with Crippen LogP contribution in [-0.2, 0) is 10.5 Å². The van der Waals surface area contributed by atoms with Crippen LogP contribution in [0.5, 0.6) is 5.75 Å². The second kappa shape index (κ2) is 8.43. The number of methoxy groups -OCH3 is 1. The van der Waals surface area contributed by atoms with Crippen LogP contribution in [0.25, 0.3) is 0 Å². The molecule has 0 aliphatic rings. The average Bonchev–Trinajstić information content (AvgIpc) is 2.50. The number of hydrogen-bond acceptors (Lipinski definition) is 3. The van der Waals surface area contributed by atoms with Gasteiger partial charge in [0.2, 0.25) is 5.91 Å². The third-order valence-corrected chi connectivity index (χ3v) is 4.39. The lowest BCUT2D eigenvalue weighted by atomic mass is 10.2. The Bertz CT molecular complexity index is 712. The van der Waals surface area contributed by atoms with E-state index in [0.717, 1.165) is 0 Å². The molecule has 0 radical (unpaired) electrons. The van der Waals surface area contributed by atoms with Gasteiger partial charge >= 0.3 is 0 Å². The summed E-state index contributed by atoms with van der Waals surface area (Å²) in [6.45, 7) is 0. The topological polar surface area (TPSA) is 38.3 Å². The Balaban J connectivity index is 1.89. The highest BCUT2D eigenvalue weighted by molar-refractivity contribution is 7.99. The van der Waals surface area contributed by atoms with E-state index < -0.39 is 0 Å². The van der Waals surface area contributed by atoms with Gasteiger partial charge in [-0.3, -0.25) is 4.79 Å². The summed E-state index contributed by atoms with van der Waals surface area (Å²) in [6, 6.07) is 9.46. The zero-order chi connectivity index (χ0) is 16.8. The first-order chi connectivity index (χ1) is 11.0. The molecular formula is C16H14Cl2FNO2S. The van der Waals surface area contributed by atoms with Crippen LogP contribution in [0, 0.1) is 5.82 Å². The number of anilines is 1. The van der Waals surface area contributed by atoms with E-state index in [9.17, 15) is 9.18 Å². The molecule has 7 heteroatoms. The third-order valence-electron chi connectivity index (χ3n) is 2.94. The highest BCUT2D eigenvalue weighted by atomic mass is 35.5. The number of rotatable bonds is 6. The van der Waals surface area contributed by atoms with Gasteiger partial charge < -0.3 is 10.1 Å². The smallest absolute Gasteiger partial charge is 0.234 e. The molecule has 1 N–H and O–H groups in total. The second-order valence-corrected chi connectivity index (χ2v) is 6.48. The predicted octanol–water partition coefficient (Wildman–Crippen LogP) is 5.01. The fourth-order valence-corrected chi connectivity index (χ4v) is 3.00. The van der Waals surface area contributed by atoms with Crippen LogP contribution in [-0.4, -0.2) is 18.8 Å². The van der Waals surface area contributed by atoms with Crippen LogP contribution >= 0.6 is 35.0 Å². The van der Waals surface area contributed by atoms with Crippen molar-refractivity contribution in [3.05, 3.63) is 57.8 Å². The van der Waals surface area contributed by atoms with Crippen LogP contribution in [0.3, 0.4) is 0 Å². The van der Waals surface area contributed by atoms with Gasteiger partial charge in [0.25, 0.3) is 0 Å². The van der Waals surface area contributed by atoms with E-state index >= 15 is 0 Å². The number of amides is 1. The van der Waals surface area contributed by atoms with Crippen molar-refractivity contribution in [2.24, 2.45) is 0 Å². The molecule has 0 aromatic heterocycles. The first kappa shape index (κ1) is 17.9. The van der Waals surface area contributed by atoms with Crippen molar-refractivity contribution in [1.29, 1.82) is 0 Å². The van der Waals surface area contributed by atoms with E-state index in [0.29, 0.717) is 32.8 Å². The normalized spacial score (nSPS) is 10.4. The van der Waals surface area contributed by atoms with Crippen molar-refractivity contribution in [2.45, 2.75) is 5.75 Å². The number of carbonyl (C=O) groups excluding carboxylic acids is 1. The lowest BCUT2D eigenvalue weighted by Gasteiger charge is -2.10. The van der Waals surface area contributed by atoms with E-state index in [4.69, 9.17) is 27.9 Å². The molecule has 2 aromatic rings. The third kappa shape index (κ3) is 5.30. The number of carbonyl (C=O) groups is 1. The Labute approximate surface area is 148 Å². The quantitative estimate of drug-likeness (QED) is 0.772. The molecule has 0 heterocycles. The fraction of sp³-hybridized carbons (Fsp3) is 0.188. The molecule has 0 bridgehead atoms. The van der Waals surface area contributed by atoms with Crippen LogP contribution in [0.1, 0.15) is 5.56 Å². The maximum absolute atomic E-state index is 13.6. The minimum atomic E-state index is -0.373. The Morgan fingerprint density at radius 2 is 1.91 bits per heavy atom.